The second-order valence-electron chi connectivity index (χ2n) is 6.88. The summed E-state index contributed by atoms with van der Waals surface area (Å²) in [6.45, 7) is 0. The quantitative estimate of drug-likeness (QED) is 0.238. The second kappa shape index (κ2) is 5.48. The Hall–Kier alpha value is -2.55. The summed E-state index contributed by atoms with van der Waals surface area (Å²) in [6, 6.07) is 25.2. The first-order valence-electron chi connectivity index (χ1n) is 8.74. The predicted octanol–water partition coefficient (Wildman–Crippen LogP) is 8.33. The van der Waals surface area contributed by atoms with Crippen LogP contribution < -0.4 is 4.74 Å². The predicted molar refractivity (Wildman–Crippen MR) is 117 cm³/mol. The fourth-order valence-corrected chi connectivity index (χ4v) is 4.68. The molecular formula is C24H12BrClO. The maximum atomic E-state index is 6.31. The van der Waals surface area contributed by atoms with Crippen molar-refractivity contribution in [2.75, 3.05) is 0 Å². The number of benzene rings is 5. The molecule has 0 saturated carbocycles. The highest BCUT2D eigenvalue weighted by Crippen LogP contribution is 2.49. The van der Waals surface area contributed by atoms with Crippen LogP contribution in [0.25, 0.3) is 43.4 Å². The molecule has 0 unspecified atom stereocenters. The van der Waals surface area contributed by atoms with E-state index in [0.717, 1.165) is 26.7 Å². The van der Waals surface area contributed by atoms with Gasteiger partial charge in [-0.05, 0) is 57.6 Å². The Morgan fingerprint density at radius 3 is 2.30 bits per heavy atom. The van der Waals surface area contributed by atoms with Crippen LogP contribution in [-0.4, -0.2) is 0 Å². The third-order valence-electron chi connectivity index (χ3n) is 5.32. The molecule has 0 aliphatic carbocycles. The summed E-state index contributed by atoms with van der Waals surface area (Å²) in [6.07, 6.45) is 0. The van der Waals surface area contributed by atoms with Crippen molar-refractivity contribution in [3.63, 3.8) is 0 Å². The minimum Gasteiger partial charge on any atom is -0.456 e. The highest BCUT2D eigenvalue weighted by atomic mass is 79.9. The van der Waals surface area contributed by atoms with Gasteiger partial charge in [0.25, 0.3) is 0 Å². The molecule has 5 aromatic rings. The van der Waals surface area contributed by atoms with E-state index >= 15 is 0 Å². The number of rotatable bonds is 1. The highest BCUT2D eigenvalue weighted by Gasteiger charge is 2.21. The zero-order valence-corrected chi connectivity index (χ0v) is 16.4. The van der Waals surface area contributed by atoms with Crippen molar-refractivity contribution in [1.82, 2.24) is 0 Å². The van der Waals surface area contributed by atoms with Crippen molar-refractivity contribution < 1.29 is 4.74 Å². The first kappa shape index (κ1) is 15.5. The van der Waals surface area contributed by atoms with Crippen molar-refractivity contribution in [3.8, 4) is 22.6 Å². The van der Waals surface area contributed by atoms with Crippen molar-refractivity contribution in [1.29, 1.82) is 0 Å². The Bertz CT molecular complexity index is 1400. The lowest BCUT2D eigenvalue weighted by atomic mass is 9.89. The Labute approximate surface area is 169 Å². The number of hydrogen-bond acceptors (Lipinski definition) is 1. The first-order chi connectivity index (χ1) is 13.2. The van der Waals surface area contributed by atoms with Crippen LogP contribution in [0, 0.1) is 0 Å². The molecule has 0 radical (unpaired) electrons. The van der Waals surface area contributed by atoms with Gasteiger partial charge in [0.05, 0.1) is 0 Å². The fourth-order valence-electron chi connectivity index (χ4n) is 4.20. The topological polar surface area (TPSA) is 9.23 Å². The van der Waals surface area contributed by atoms with Crippen molar-refractivity contribution in [2.45, 2.75) is 0 Å². The Morgan fingerprint density at radius 1 is 0.704 bits per heavy atom. The van der Waals surface area contributed by atoms with Crippen LogP contribution in [0.1, 0.15) is 0 Å². The number of halogens is 2. The monoisotopic (exact) mass is 430 g/mol. The summed E-state index contributed by atoms with van der Waals surface area (Å²) in [7, 11) is 0. The molecule has 0 N–H and O–H groups in total. The lowest BCUT2D eigenvalue weighted by Crippen LogP contribution is -1.96. The molecule has 0 amide bonds. The van der Waals surface area contributed by atoms with E-state index in [1.165, 1.54) is 32.7 Å². The van der Waals surface area contributed by atoms with Crippen LogP contribution in [0.5, 0.6) is 11.5 Å². The maximum absolute atomic E-state index is 6.31. The average molecular weight is 432 g/mol. The van der Waals surface area contributed by atoms with Crippen molar-refractivity contribution >= 4 is 59.8 Å². The molecule has 1 nitrogen and oxygen atoms in total. The summed E-state index contributed by atoms with van der Waals surface area (Å²) >= 11 is 9.84. The molecule has 0 fully saturated rings. The zero-order chi connectivity index (χ0) is 18.1. The summed E-state index contributed by atoms with van der Waals surface area (Å²) in [5, 5.41) is 7.78. The molecule has 0 saturated heterocycles. The van der Waals surface area contributed by atoms with Crippen molar-refractivity contribution in [2.24, 2.45) is 0 Å². The normalized spacial score (nSPS) is 12.4. The van der Waals surface area contributed by atoms with Gasteiger partial charge in [-0.3, -0.25) is 0 Å². The molecule has 0 atom stereocenters. The van der Waals surface area contributed by atoms with Gasteiger partial charge in [0.1, 0.15) is 11.5 Å². The molecule has 3 heteroatoms. The molecular weight excluding hydrogens is 420 g/mol. The average Bonchev–Trinajstić information content (AvgIpc) is 2.67. The SMILES string of the molecule is Clc1cc2c3c(ccc4cc(-c5ccc(Br)cc5)c5cccc(c5c43)O2)c1. The lowest BCUT2D eigenvalue weighted by Gasteiger charge is -2.22. The zero-order valence-electron chi connectivity index (χ0n) is 14.1. The van der Waals surface area contributed by atoms with Gasteiger partial charge in [-0.1, -0.05) is 63.9 Å². The van der Waals surface area contributed by atoms with E-state index in [2.05, 4.69) is 70.5 Å². The van der Waals surface area contributed by atoms with E-state index in [9.17, 15) is 0 Å². The standard InChI is InChI=1S/C24H12BrClO/c25-16-8-6-13(7-9-16)19-11-15-5-4-14-10-17(26)12-21-22(14)23(15)24-18(19)2-1-3-20(24)27-21/h1-12H. The molecule has 27 heavy (non-hydrogen) atoms. The summed E-state index contributed by atoms with van der Waals surface area (Å²) in [4.78, 5) is 0. The van der Waals surface area contributed by atoms with Gasteiger partial charge in [0, 0.05) is 31.7 Å². The lowest BCUT2D eigenvalue weighted by molar-refractivity contribution is 0.493. The van der Waals surface area contributed by atoms with E-state index in [1.54, 1.807) is 0 Å². The van der Waals surface area contributed by atoms with Gasteiger partial charge in [-0.15, -0.1) is 0 Å². The van der Waals surface area contributed by atoms with E-state index in [-0.39, 0.29) is 0 Å². The maximum Gasteiger partial charge on any atom is 0.137 e. The van der Waals surface area contributed by atoms with Gasteiger partial charge in [0.15, 0.2) is 0 Å². The van der Waals surface area contributed by atoms with Crippen LogP contribution in [-0.2, 0) is 0 Å². The van der Waals surface area contributed by atoms with E-state index in [4.69, 9.17) is 16.3 Å². The van der Waals surface area contributed by atoms with Crippen LogP contribution in [0.3, 0.4) is 0 Å². The van der Waals surface area contributed by atoms with E-state index in [1.807, 2.05) is 18.2 Å². The van der Waals surface area contributed by atoms with Gasteiger partial charge in [0.2, 0.25) is 0 Å². The summed E-state index contributed by atoms with van der Waals surface area (Å²) < 4.78 is 7.36. The van der Waals surface area contributed by atoms with Crippen LogP contribution >= 0.6 is 27.5 Å². The molecule has 128 valence electrons. The second-order valence-corrected chi connectivity index (χ2v) is 8.23. The van der Waals surface area contributed by atoms with Gasteiger partial charge in [-0.25, -0.2) is 0 Å². The largest absolute Gasteiger partial charge is 0.456 e. The first-order valence-corrected chi connectivity index (χ1v) is 9.92. The molecule has 0 aromatic heterocycles. The molecule has 1 aliphatic heterocycles. The Morgan fingerprint density at radius 2 is 1.48 bits per heavy atom. The van der Waals surface area contributed by atoms with Crippen LogP contribution in [0.4, 0.5) is 0 Å². The minimum atomic E-state index is 0.693. The van der Waals surface area contributed by atoms with Crippen LogP contribution in [0.2, 0.25) is 5.02 Å². The molecule has 0 bridgehead atoms. The third kappa shape index (κ3) is 2.17. The Balaban J connectivity index is 1.85. The minimum absolute atomic E-state index is 0.693. The fraction of sp³-hybridized carbons (Fsp3) is 0. The van der Waals surface area contributed by atoms with E-state index in [0.29, 0.717) is 5.02 Å². The van der Waals surface area contributed by atoms with Gasteiger partial charge >= 0.3 is 0 Å². The van der Waals surface area contributed by atoms with Crippen molar-refractivity contribution in [3.05, 3.63) is 82.3 Å². The molecule has 1 heterocycles. The smallest absolute Gasteiger partial charge is 0.137 e. The molecule has 0 spiro atoms. The highest BCUT2D eigenvalue weighted by molar-refractivity contribution is 9.10. The van der Waals surface area contributed by atoms with Crippen LogP contribution in [0.15, 0.2) is 77.3 Å². The third-order valence-corrected chi connectivity index (χ3v) is 6.07. The summed E-state index contributed by atoms with van der Waals surface area (Å²) in [5.41, 5.74) is 2.41. The molecule has 5 aromatic carbocycles. The van der Waals surface area contributed by atoms with E-state index < -0.39 is 0 Å². The Kier molecular flexibility index (Phi) is 3.15. The number of hydrogen-bond donors (Lipinski definition) is 0. The number of ether oxygens (including phenoxy) is 1. The van der Waals surface area contributed by atoms with Gasteiger partial charge in [-0.2, -0.15) is 0 Å². The molecule has 1 aliphatic rings. The van der Waals surface area contributed by atoms with Gasteiger partial charge < -0.3 is 4.74 Å². The molecule has 6 rings (SSSR count). The summed E-state index contributed by atoms with van der Waals surface area (Å²) in [5.74, 6) is 1.72.